The maximum Gasteiger partial charge on any atom is 0.307 e. The van der Waals surface area contributed by atoms with Crippen LogP contribution < -0.4 is 20.2 Å². The Kier molecular flexibility index (Phi) is 8.02. The van der Waals surface area contributed by atoms with E-state index in [-0.39, 0.29) is 18.3 Å². The molecule has 9 heteroatoms. The van der Waals surface area contributed by atoms with Gasteiger partial charge in [-0.1, -0.05) is 17.7 Å². The van der Waals surface area contributed by atoms with Crippen molar-refractivity contribution in [3.8, 4) is 11.5 Å². The van der Waals surface area contributed by atoms with Gasteiger partial charge in [-0.15, -0.1) is 0 Å². The molecule has 1 aromatic heterocycles. The van der Waals surface area contributed by atoms with E-state index in [1.807, 2.05) is 44.2 Å². The van der Waals surface area contributed by atoms with E-state index in [1.54, 1.807) is 36.4 Å². The number of carbonyl (C=O) groups excluding carboxylic acids is 2. The molecule has 0 atom stereocenters. The lowest BCUT2D eigenvalue weighted by Gasteiger charge is -2.09. The first-order valence-electron chi connectivity index (χ1n) is 11.2. The van der Waals surface area contributed by atoms with Gasteiger partial charge in [0.05, 0.1) is 17.3 Å². The molecule has 0 aliphatic carbocycles. The number of aryl methyl sites for hydroxylation is 1. The average molecular weight is 550 g/mol. The summed E-state index contributed by atoms with van der Waals surface area (Å²) >= 11 is 3.44. The Labute approximate surface area is 216 Å². The maximum atomic E-state index is 12.4. The van der Waals surface area contributed by atoms with Gasteiger partial charge >= 0.3 is 5.91 Å². The van der Waals surface area contributed by atoms with E-state index in [0.717, 1.165) is 10.9 Å². The number of halogens is 1. The Morgan fingerprint density at radius 3 is 2.58 bits per heavy atom. The van der Waals surface area contributed by atoms with Crippen LogP contribution in [0.1, 0.15) is 28.6 Å². The zero-order valence-electron chi connectivity index (χ0n) is 19.7. The third-order valence-electron chi connectivity index (χ3n) is 5.05. The van der Waals surface area contributed by atoms with Crippen molar-refractivity contribution < 1.29 is 23.5 Å². The van der Waals surface area contributed by atoms with Crippen LogP contribution in [0.4, 0.5) is 5.69 Å². The van der Waals surface area contributed by atoms with Crippen LogP contribution in [0.2, 0.25) is 0 Å². The van der Waals surface area contributed by atoms with Crippen molar-refractivity contribution in [3.05, 3.63) is 88.1 Å². The number of rotatable bonds is 9. The molecule has 36 heavy (non-hydrogen) atoms. The Balaban J connectivity index is 1.30. The average Bonchev–Trinajstić information content (AvgIpc) is 3.29. The molecule has 0 radical (unpaired) electrons. The van der Waals surface area contributed by atoms with E-state index in [9.17, 15) is 9.59 Å². The third-order valence-corrected chi connectivity index (χ3v) is 5.67. The number of hydrazone groups is 1. The van der Waals surface area contributed by atoms with Crippen LogP contribution in [0.3, 0.4) is 0 Å². The molecule has 2 N–H and O–H groups in total. The Morgan fingerprint density at radius 2 is 1.83 bits per heavy atom. The van der Waals surface area contributed by atoms with Gasteiger partial charge in [0.2, 0.25) is 0 Å². The highest BCUT2D eigenvalue weighted by molar-refractivity contribution is 9.10. The van der Waals surface area contributed by atoms with Crippen LogP contribution in [0.5, 0.6) is 11.5 Å². The number of hydrogen-bond acceptors (Lipinski definition) is 6. The van der Waals surface area contributed by atoms with Gasteiger partial charge in [0.15, 0.2) is 12.4 Å². The van der Waals surface area contributed by atoms with E-state index in [1.165, 1.54) is 6.21 Å². The predicted molar refractivity (Wildman–Crippen MR) is 142 cm³/mol. The van der Waals surface area contributed by atoms with Crippen LogP contribution in [-0.2, 0) is 4.79 Å². The highest BCUT2D eigenvalue weighted by Gasteiger charge is 2.12. The van der Waals surface area contributed by atoms with Crippen molar-refractivity contribution in [1.82, 2.24) is 5.43 Å². The van der Waals surface area contributed by atoms with E-state index in [4.69, 9.17) is 13.9 Å². The van der Waals surface area contributed by atoms with E-state index in [0.29, 0.717) is 39.4 Å². The predicted octanol–water partition coefficient (Wildman–Crippen LogP) is 5.68. The second kappa shape index (κ2) is 11.5. The molecule has 0 spiro atoms. The van der Waals surface area contributed by atoms with Gasteiger partial charge in [0.25, 0.3) is 5.91 Å². The molecule has 1 heterocycles. The molecule has 0 saturated heterocycles. The zero-order valence-corrected chi connectivity index (χ0v) is 21.3. The first-order chi connectivity index (χ1) is 17.4. The number of hydrogen-bond donors (Lipinski definition) is 2. The molecular weight excluding hydrogens is 526 g/mol. The minimum atomic E-state index is -0.473. The molecule has 4 rings (SSSR count). The first kappa shape index (κ1) is 25.0. The van der Waals surface area contributed by atoms with Crippen molar-refractivity contribution in [2.45, 2.75) is 13.8 Å². The highest BCUT2D eigenvalue weighted by atomic mass is 79.9. The number of furan rings is 1. The van der Waals surface area contributed by atoms with Crippen LogP contribution >= 0.6 is 15.9 Å². The monoisotopic (exact) mass is 549 g/mol. The van der Waals surface area contributed by atoms with Gasteiger partial charge in [-0.3, -0.25) is 9.59 Å². The summed E-state index contributed by atoms with van der Waals surface area (Å²) in [6.45, 7) is 4.30. The minimum absolute atomic E-state index is 0.139. The van der Waals surface area contributed by atoms with Gasteiger partial charge in [-0.05, 0) is 89.9 Å². The molecular formula is C27H24BrN3O5. The van der Waals surface area contributed by atoms with Crippen LogP contribution in [0.15, 0.2) is 80.7 Å². The number of benzene rings is 3. The first-order valence-corrected chi connectivity index (χ1v) is 12.0. The van der Waals surface area contributed by atoms with Crippen molar-refractivity contribution in [1.29, 1.82) is 0 Å². The highest BCUT2D eigenvalue weighted by Crippen LogP contribution is 2.26. The minimum Gasteiger partial charge on any atom is -0.494 e. The quantitative estimate of drug-likeness (QED) is 0.206. The van der Waals surface area contributed by atoms with Gasteiger partial charge in [-0.25, -0.2) is 5.43 Å². The van der Waals surface area contributed by atoms with Crippen molar-refractivity contribution in [3.63, 3.8) is 0 Å². The number of nitrogens with one attached hydrogen (secondary N) is 2. The normalized spacial score (nSPS) is 11.0. The van der Waals surface area contributed by atoms with Gasteiger partial charge in [0, 0.05) is 11.1 Å². The molecule has 0 aliphatic rings. The summed E-state index contributed by atoms with van der Waals surface area (Å²) < 4.78 is 17.3. The second-order valence-corrected chi connectivity index (χ2v) is 8.69. The summed E-state index contributed by atoms with van der Waals surface area (Å²) in [6.07, 6.45) is 1.49. The molecule has 0 saturated carbocycles. The van der Waals surface area contributed by atoms with Crippen molar-refractivity contribution in [2.75, 3.05) is 18.5 Å². The molecule has 2 amide bonds. The number of ether oxygens (including phenoxy) is 2. The van der Waals surface area contributed by atoms with E-state index in [2.05, 4.69) is 31.8 Å². The number of carbonyl (C=O) groups is 2. The molecule has 3 aromatic carbocycles. The Hall–Kier alpha value is -4.11. The smallest absolute Gasteiger partial charge is 0.307 e. The number of fused-ring (bicyclic) bond motifs is 1. The number of anilines is 1. The van der Waals surface area contributed by atoms with E-state index < -0.39 is 5.91 Å². The summed E-state index contributed by atoms with van der Waals surface area (Å²) in [7, 11) is 0. The molecule has 0 fully saturated rings. The number of amides is 2. The fourth-order valence-corrected chi connectivity index (χ4v) is 3.81. The molecule has 0 bridgehead atoms. The largest absolute Gasteiger partial charge is 0.494 e. The molecule has 4 aromatic rings. The Morgan fingerprint density at radius 1 is 1.03 bits per heavy atom. The maximum absolute atomic E-state index is 12.4. The van der Waals surface area contributed by atoms with Crippen LogP contribution in [0.25, 0.3) is 11.0 Å². The topological polar surface area (TPSA) is 102 Å². The van der Waals surface area contributed by atoms with Crippen molar-refractivity contribution >= 4 is 50.6 Å². The van der Waals surface area contributed by atoms with Crippen LogP contribution in [-0.4, -0.2) is 31.2 Å². The fraction of sp³-hybridized carbons (Fsp3) is 0.148. The summed E-state index contributed by atoms with van der Waals surface area (Å²) in [5, 5.41) is 7.55. The standard InChI is InChI=1S/C27H24BrN3O5/c1-3-34-21-9-11-23-19(13-21)14-25(36-23)27(33)31-29-15-18-6-10-24(22(28)12-18)35-16-26(32)30-20-7-4-17(2)5-8-20/h4-15H,3,16H2,1-2H3,(H,30,32)(H,31,33)/b29-15+. The lowest BCUT2D eigenvalue weighted by molar-refractivity contribution is -0.118. The summed E-state index contributed by atoms with van der Waals surface area (Å²) in [6, 6.07) is 19.7. The lowest BCUT2D eigenvalue weighted by atomic mass is 10.2. The summed E-state index contributed by atoms with van der Waals surface area (Å²) in [4.78, 5) is 24.6. The zero-order chi connectivity index (χ0) is 25.5. The summed E-state index contributed by atoms with van der Waals surface area (Å²) in [5.74, 6) is 0.618. The van der Waals surface area contributed by atoms with Gasteiger partial charge in [0.1, 0.15) is 17.1 Å². The molecule has 8 nitrogen and oxygen atoms in total. The van der Waals surface area contributed by atoms with E-state index >= 15 is 0 Å². The van der Waals surface area contributed by atoms with Crippen LogP contribution in [0, 0.1) is 6.92 Å². The summed E-state index contributed by atoms with van der Waals surface area (Å²) in [5.41, 5.74) is 5.57. The van der Waals surface area contributed by atoms with Gasteiger partial charge in [-0.2, -0.15) is 5.10 Å². The molecule has 184 valence electrons. The second-order valence-electron chi connectivity index (χ2n) is 7.84. The molecule has 0 unspecified atom stereocenters. The molecule has 0 aliphatic heterocycles. The Bertz CT molecular complexity index is 1410. The lowest BCUT2D eigenvalue weighted by Crippen LogP contribution is -2.20. The number of nitrogens with zero attached hydrogens (tertiary/aromatic N) is 1. The fourth-order valence-electron chi connectivity index (χ4n) is 3.30. The SMILES string of the molecule is CCOc1ccc2oc(C(=O)N/N=C/c3ccc(OCC(=O)Nc4ccc(C)cc4)c(Br)c3)cc2c1. The van der Waals surface area contributed by atoms with Gasteiger partial charge < -0.3 is 19.2 Å². The third kappa shape index (κ3) is 6.51. The van der Waals surface area contributed by atoms with Crippen molar-refractivity contribution in [2.24, 2.45) is 5.10 Å².